The maximum absolute atomic E-state index is 13.2. The fourth-order valence-electron chi connectivity index (χ4n) is 4.37. The highest BCUT2D eigenvalue weighted by Crippen LogP contribution is 2.41. The topological polar surface area (TPSA) is 49.8 Å². The highest BCUT2D eigenvalue weighted by molar-refractivity contribution is 5.82. The minimum absolute atomic E-state index is 0.121. The van der Waals surface area contributed by atoms with E-state index >= 15 is 0 Å². The number of ether oxygens (including phenoxy) is 1. The molecule has 1 unspecified atom stereocenters. The first-order valence-electron chi connectivity index (χ1n) is 10.7. The minimum Gasteiger partial charge on any atom is -0.444 e. The van der Waals surface area contributed by atoms with Gasteiger partial charge in [-0.1, -0.05) is 61.4 Å². The Hall–Kier alpha value is -1.83. The number of rotatable bonds is 5. The lowest BCUT2D eigenvalue weighted by Gasteiger charge is -2.38. The lowest BCUT2D eigenvalue weighted by atomic mass is 9.73. The molecule has 0 spiro atoms. The SMILES string of the molecule is CC(C)(C#CCN1CCCC1)OC(=O)C(O)(c1ccccc1)C1CCCCC1. The summed E-state index contributed by atoms with van der Waals surface area (Å²) in [5.74, 6) is 5.56. The summed E-state index contributed by atoms with van der Waals surface area (Å²) in [4.78, 5) is 15.6. The van der Waals surface area contributed by atoms with Gasteiger partial charge in [0.15, 0.2) is 11.2 Å². The second-order valence-corrected chi connectivity index (χ2v) is 8.65. The third-order valence-electron chi connectivity index (χ3n) is 5.96. The fraction of sp³-hybridized carbons (Fsp3) is 0.625. The number of hydrogen-bond acceptors (Lipinski definition) is 4. The van der Waals surface area contributed by atoms with Crippen LogP contribution in [-0.4, -0.2) is 41.2 Å². The molecule has 1 N–H and O–H groups in total. The summed E-state index contributed by atoms with van der Waals surface area (Å²) in [6.07, 6.45) is 7.35. The van der Waals surface area contributed by atoms with Crippen LogP contribution in [0.3, 0.4) is 0 Å². The summed E-state index contributed by atoms with van der Waals surface area (Å²) in [5.41, 5.74) is -1.93. The Morgan fingerprint density at radius 3 is 2.39 bits per heavy atom. The molecule has 28 heavy (non-hydrogen) atoms. The van der Waals surface area contributed by atoms with Gasteiger partial charge in [-0.25, -0.2) is 4.79 Å². The molecule has 1 atom stereocenters. The van der Waals surface area contributed by atoms with Crippen molar-refractivity contribution in [3.05, 3.63) is 35.9 Å². The molecular formula is C24H33NO3. The number of carbonyl (C=O) groups excluding carboxylic acids is 1. The Morgan fingerprint density at radius 2 is 1.75 bits per heavy atom. The van der Waals surface area contributed by atoms with Gasteiger partial charge in [0.25, 0.3) is 0 Å². The van der Waals surface area contributed by atoms with E-state index in [-0.39, 0.29) is 5.92 Å². The highest BCUT2D eigenvalue weighted by atomic mass is 16.6. The molecule has 1 aliphatic heterocycles. The van der Waals surface area contributed by atoms with E-state index in [0.29, 0.717) is 12.1 Å². The molecule has 2 fully saturated rings. The number of hydrogen-bond donors (Lipinski definition) is 1. The number of benzene rings is 1. The fourth-order valence-corrected chi connectivity index (χ4v) is 4.37. The first-order valence-corrected chi connectivity index (χ1v) is 10.7. The summed E-state index contributed by atoms with van der Waals surface area (Å²) in [6.45, 7) is 6.48. The first kappa shape index (κ1) is 20.9. The van der Waals surface area contributed by atoms with Crippen molar-refractivity contribution in [2.45, 2.75) is 70.0 Å². The van der Waals surface area contributed by atoms with E-state index in [2.05, 4.69) is 16.7 Å². The van der Waals surface area contributed by atoms with Crippen LogP contribution < -0.4 is 0 Å². The summed E-state index contributed by atoms with van der Waals surface area (Å²) < 4.78 is 5.79. The Kier molecular flexibility index (Phi) is 6.80. The van der Waals surface area contributed by atoms with Gasteiger partial charge in [-0.05, 0) is 58.2 Å². The molecule has 152 valence electrons. The van der Waals surface area contributed by atoms with Crippen molar-refractivity contribution in [1.29, 1.82) is 0 Å². The van der Waals surface area contributed by atoms with E-state index < -0.39 is 17.2 Å². The zero-order valence-electron chi connectivity index (χ0n) is 17.2. The second kappa shape index (κ2) is 9.11. The van der Waals surface area contributed by atoms with Crippen LogP contribution in [0.2, 0.25) is 0 Å². The van der Waals surface area contributed by atoms with Crippen LogP contribution in [0.4, 0.5) is 0 Å². The van der Waals surface area contributed by atoms with Gasteiger partial charge in [-0.15, -0.1) is 0 Å². The molecule has 1 aromatic carbocycles. The van der Waals surface area contributed by atoms with Crippen LogP contribution in [0, 0.1) is 17.8 Å². The second-order valence-electron chi connectivity index (χ2n) is 8.65. The Bertz CT molecular complexity index is 706. The van der Waals surface area contributed by atoms with Crippen LogP contribution in [-0.2, 0) is 15.1 Å². The van der Waals surface area contributed by atoms with Crippen molar-refractivity contribution in [2.75, 3.05) is 19.6 Å². The van der Waals surface area contributed by atoms with Gasteiger partial charge in [-0.2, -0.15) is 0 Å². The van der Waals surface area contributed by atoms with E-state index in [4.69, 9.17) is 4.74 Å². The third kappa shape index (κ3) is 4.96. The molecule has 3 rings (SSSR count). The first-order chi connectivity index (χ1) is 13.4. The summed E-state index contributed by atoms with van der Waals surface area (Å²) >= 11 is 0. The number of carbonyl (C=O) groups is 1. The van der Waals surface area contributed by atoms with E-state index in [1.807, 2.05) is 30.3 Å². The predicted molar refractivity (Wildman–Crippen MR) is 111 cm³/mol. The van der Waals surface area contributed by atoms with E-state index in [1.165, 1.54) is 12.8 Å². The molecule has 0 bridgehead atoms. The molecule has 1 saturated carbocycles. The number of aliphatic hydroxyl groups is 1. The molecule has 1 saturated heterocycles. The Morgan fingerprint density at radius 1 is 1.11 bits per heavy atom. The van der Waals surface area contributed by atoms with Gasteiger partial charge in [0.1, 0.15) is 0 Å². The van der Waals surface area contributed by atoms with Gasteiger partial charge < -0.3 is 9.84 Å². The van der Waals surface area contributed by atoms with Crippen LogP contribution >= 0.6 is 0 Å². The smallest absolute Gasteiger partial charge is 0.344 e. The molecule has 4 heteroatoms. The van der Waals surface area contributed by atoms with Crippen LogP contribution in [0.1, 0.15) is 64.4 Å². The highest BCUT2D eigenvalue weighted by Gasteiger charge is 2.48. The lowest BCUT2D eigenvalue weighted by molar-refractivity contribution is -0.184. The maximum Gasteiger partial charge on any atom is 0.344 e. The van der Waals surface area contributed by atoms with Gasteiger partial charge in [-0.3, -0.25) is 4.90 Å². The molecular weight excluding hydrogens is 350 g/mol. The predicted octanol–water partition coefficient (Wildman–Crippen LogP) is 3.88. The normalized spacial score (nSPS) is 20.8. The summed E-state index contributed by atoms with van der Waals surface area (Å²) in [6, 6.07) is 9.25. The molecule has 2 aliphatic rings. The van der Waals surface area contributed by atoms with Crippen LogP contribution in [0.5, 0.6) is 0 Å². The quantitative estimate of drug-likeness (QED) is 0.619. The monoisotopic (exact) mass is 383 g/mol. The van der Waals surface area contributed by atoms with Crippen molar-refractivity contribution in [2.24, 2.45) is 5.92 Å². The van der Waals surface area contributed by atoms with Gasteiger partial charge in [0, 0.05) is 5.92 Å². The van der Waals surface area contributed by atoms with Crippen LogP contribution in [0.25, 0.3) is 0 Å². The molecule has 0 aromatic heterocycles. The van der Waals surface area contributed by atoms with Gasteiger partial charge in [0.05, 0.1) is 6.54 Å². The molecule has 1 heterocycles. The van der Waals surface area contributed by atoms with Crippen molar-refractivity contribution in [3.63, 3.8) is 0 Å². The molecule has 0 radical (unpaired) electrons. The molecule has 0 amide bonds. The molecule has 1 aromatic rings. The van der Waals surface area contributed by atoms with Crippen molar-refractivity contribution < 1.29 is 14.6 Å². The van der Waals surface area contributed by atoms with E-state index in [0.717, 1.165) is 45.2 Å². The average molecular weight is 384 g/mol. The number of likely N-dealkylation sites (tertiary alicyclic amines) is 1. The standard InChI is InChI=1S/C24H33NO3/c1-23(2,16-11-19-25-17-9-10-18-25)28-22(26)24(27,20-12-5-3-6-13-20)21-14-7-4-8-15-21/h3,5-6,12-13,21,27H,4,7-10,14-15,17-19H2,1-2H3. The average Bonchev–Trinajstić information content (AvgIpc) is 3.21. The zero-order valence-corrected chi connectivity index (χ0v) is 17.2. The number of esters is 1. The van der Waals surface area contributed by atoms with E-state index in [1.54, 1.807) is 13.8 Å². The molecule has 1 aliphatic carbocycles. The van der Waals surface area contributed by atoms with Crippen molar-refractivity contribution in [1.82, 2.24) is 4.90 Å². The zero-order chi connectivity index (χ0) is 20.0. The molecule has 4 nitrogen and oxygen atoms in total. The third-order valence-corrected chi connectivity index (χ3v) is 5.96. The van der Waals surface area contributed by atoms with E-state index in [9.17, 15) is 9.90 Å². The Balaban J connectivity index is 1.76. The van der Waals surface area contributed by atoms with Gasteiger partial charge in [0.2, 0.25) is 0 Å². The summed E-state index contributed by atoms with van der Waals surface area (Å²) in [5, 5.41) is 11.6. The minimum atomic E-state index is -1.62. The summed E-state index contributed by atoms with van der Waals surface area (Å²) in [7, 11) is 0. The van der Waals surface area contributed by atoms with Crippen molar-refractivity contribution in [3.8, 4) is 11.8 Å². The Labute approximate surface area is 169 Å². The van der Waals surface area contributed by atoms with Gasteiger partial charge >= 0.3 is 5.97 Å². The van der Waals surface area contributed by atoms with Crippen LogP contribution in [0.15, 0.2) is 30.3 Å². The lowest BCUT2D eigenvalue weighted by Crippen LogP contribution is -2.47. The number of nitrogens with zero attached hydrogens (tertiary/aromatic N) is 1. The van der Waals surface area contributed by atoms with Crippen molar-refractivity contribution >= 4 is 5.97 Å². The maximum atomic E-state index is 13.2. The largest absolute Gasteiger partial charge is 0.444 e.